The Morgan fingerprint density at radius 2 is 1.91 bits per heavy atom. The maximum absolute atomic E-state index is 5.84. The van der Waals surface area contributed by atoms with Crippen molar-refractivity contribution < 1.29 is 4.74 Å². The predicted octanol–water partition coefficient (Wildman–Crippen LogP) is 1.66. The minimum absolute atomic E-state index is 0.298. The Labute approximate surface area is 135 Å². The van der Waals surface area contributed by atoms with Crippen LogP contribution in [0, 0.1) is 0 Å². The van der Waals surface area contributed by atoms with Crippen molar-refractivity contribution in [2.75, 3.05) is 31.2 Å². The number of aromatic nitrogens is 1. The van der Waals surface area contributed by atoms with E-state index >= 15 is 0 Å². The topological polar surface area (TPSA) is 76.1 Å². The smallest absolute Gasteiger partial charge is 0.171 e. The monoisotopic (exact) mass is 309 g/mol. The number of hydrogen-bond acceptors (Lipinski definition) is 5. The van der Waals surface area contributed by atoms with E-state index in [9.17, 15) is 0 Å². The Hall–Kier alpha value is -2.73. The van der Waals surface area contributed by atoms with Crippen molar-refractivity contribution in [1.82, 2.24) is 4.98 Å². The first kappa shape index (κ1) is 15.2. The number of anilines is 1. The highest BCUT2D eigenvalue weighted by Gasteiger charge is 2.10. The van der Waals surface area contributed by atoms with E-state index < -0.39 is 0 Å². The molecule has 1 aliphatic heterocycles. The SMILES string of the molecule is NC(=NN=Cc1ccc(N2CCOCC2)cc1)c1ccccn1. The molecule has 1 aromatic heterocycles. The molecule has 2 N–H and O–H groups in total. The van der Waals surface area contributed by atoms with E-state index in [1.54, 1.807) is 18.5 Å². The van der Waals surface area contributed by atoms with E-state index in [1.807, 2.05) is 24.3 Å². The van der Waals surface area contributed by atoms with Crippen LogP contribution < -0.4 is 10.6 Å². The zero-order valence-corrected chi connectivity index (χ0v) is 12.8. The Bertz CT molecular complexity index is 676. The first-order valence-corrected chi connectivity index (χ1v) is 7.53. The second-order valence-corrected chi connectivity index (χ2v) is 5.14. The van der Waals surface area contributed by atoms with Crippen LogP contribution >= 0.6 is 0 Å². The number of ether oxygens (including phenoxy) is 1. The largest absolute Gasteiger partial charge is 0.380 e. The van der Waals surface area contributed by atoms with Crippen molar-refractivity contribution in [2.24, 2.45) is 15.9 Å². The molecule has 0 bridgehead atoms. The van der Waals surface area contributed by atoms with Crippen molar-refractivity contribution in [3.05, 3.63) is 59.9 Å². The normalized spacial score (nSPS) is 16.0. The standard InChI is InChI=1S/C17H19N5O/c18-17(16-3-1-2-8-19-16)21-20-13-14-4-6-15(7-5-14)22-9-11-23-12-10-22/h1-8,13H,9-12H2,(H2,18,21). The molecular weight excluding hydrogens is 290 g/mol. The second-order valence-electron chi connectivity index (χ2n) is 5.14. The number of amidine groups is 1. The van der Waals surface area contributed by atoms with Gasteiger partial charge >= 0.3 is 0 Å². The number of nitrogens with zero attached hydrogens (tertiary/aromatic N) is 4. The molecule has 6 heteroatoms. The molecule has 0 amide bonds. The summed E-state index contributed by atoms with van der Waals surface area (Å²) in [7, 11) is 0. The van der Waals surface area contributed by atoms with Crippen LogP contribution in [0.25, 0.3) is 0 Å². The third-order valence-electron chi connectivity index (χ3n) is 3.57. The molecule has 1 aromatic carbocycles. The van der Waals surface area contributed by atoms with Gasteiger partial charge in [-0.3, -0.25) is 4.98 Å². The van der Waals surface area contributed by atoms with Gasteiger partial charge in [0.15, 0.2) is 5.84 Å². The predicted molar refractivity (Wildman–Crippen MR) is 92.0 cm³/mol. The summed E-state index contributed by atoms with van der Waals surface area (Å²) in [6.07, 6.45) is 3.35. The van der Waals surface area contributed by atoms with Gasteiger partial charge in [0, 0.05) is 25.0 Å². The molecule has 0 saturated carbocycles. The molecular formula is C17H19N5O. The lowest BCUT2D eigenvalue weighted by molar-refractivity contribution is 0.122. The second kappa shape index (κ2) is 7.51. The van der Waals surface area contributed by atoms with Crippen molar-refractivity contribution in [3.63, 3.8) is 0 Å². The molecule has 3 rings (SSSR count). The van der Waals surface area contributed by atoms with Gasteiger partial charge in [-0.25, -0.2) is 0 Å². The van der Waals surface area contributed by atoms with Crippen molar-refractivity contribution in [2.45, 2.75) is 0 Å². The van der Waals surface area contributed by atoms with Gasteiger partial charge in [0.2, 0.25) is 0 Å². The fraction of sp³-hybridized carbons (Fsp3) is 0.235. The van der Waals surface area contributed by atoms with Crippen molar-refractivity contribution >= 4 is 17.7 Å². The maximum Gasteiger partial charge on any atom is 0.171 e. The highest BCUT2D eigenvalue weighted by atomic mass is 16.5. The molecule has 6 nitrogen and oxygen atoms in total. The summed E-state index contributed by atoms with van der Waals surface area (Å²) in [4.78, 5) is 6.43. The highest BCUT2D eigenvalue weighted by Crippen LogP contribution is 2.15. The zero-order valence-electron chi connectivity index (χ0n) is 12.8. The van der Waals surface area contributed by atoms with Crippen LogP contribution in [0.2, 0.25) is 0 Å². The summed E-state index contributed by atoms with van der Waals surface area (Å²) in [5.41, 5.74) is 8.62. The third kappa shape index (κ3) is 4.14. The first-order valence-electron chi connectivity index (χ1n) is 7.53. The maximum atomic E-state index is 5.84. The zero-order chi connectivity index (χ0) is 15.9. The summed E-state index contributed by atoms with van der Waals surface area (Å²) in [5, 5.41) is 8.00. The fourth-order valence-electron chi connectivity index (χ4n) is 2.32. The molecule has 0 aliphatic carbocycles. The van der Waals surface area contributed by atoms with Gasteiger partial charge in [0.05, 0.1) is 19.4 Å². The number of benzene rings is 1. The van der Waals surface area contributed by atoms with Crippen LogP contribution in [0.3, 0.4) is 0 Å². The Morgan fingerprint density at radius 3 is 2.61 bits per heavy atom. The molecule has 0 atom stereocenters. The number of nitrogens with two attached hydrogens (primary N) is 1. The lowest BCUT2D eigenvalue weighted by Gasteiger charge is -2.28. The molecule has 0 unspecified atom stereocenters. The van der Waals surface area contributed by atoms with E-state index in [2.05, 4.69) is 32.2 Å². The van der Waals surface area contributed by atoms with Gasteiger partial charge in [-0.15, -0.1) is 5.10 Å². The van der Waals surface area contributed by atoms with Gasteiger partial charge in [-0.2, -0.15) is 5.10 Å². The van der Waals surface area contributed by atoms with E-state index in [-0.39, 0.29) is 0 Å². The summed E-state index contributed by atoms with van der Waals surface area (Å²) < 4.78 is 5.36. The summed E-state index contributed by atoms with van der Waals surface area (Å²) in [6, 6.07) is 13.7. The summed E-state index contributed by atoms with van der Waals surface area (Å²) in [6.45, 7) is 3.42. The van der Waals surface area contributed by atoms with Gasteiger partial charge < -0.3 is 15.4 Å². The number of pyridine rings is 1. The van der Waals surface area contributed by atoms with Gasteiger partial charge in [-0.05, 0) is 29.8 Å². The summed E-state index contributed by atoms with van der Waals surface area (Å²) >= 11 is 0. The third-order valence-corrected chi connectivity index (χ3v) is 3.57. The number of hydrogen-bond donors (Lipinski definition) is 1. The molecule has 23 heavy (non-hydrogen) atoms. The average molecular weight is 309 g/mol. The van der Waals surface area contributed by atoms with Crippen LogP contribution in [-0.2, 0) is 4.74 Å². The molecule has 118 valence electrons. The molecule has 1 saturated heterocycles. The van der Waals surface area contributed by atoms with E-state index in [4.69, 9.17) is 10.5 Å². The molecule has 2 aromatic rings. The molecule has 1 aliphatic rings. The van der Waals surface area contributed by atoms with Crippen molar-refractivity contribution in [1.29, 1.82) is 0 Å². The first-order chi connectivity index (χ1) is 11.3. The lowest BCUT2D eigenvalue weighted by Crippen LogP contribution is -2.36. The number of morpholine rings is 1. The van der Waals surface area contributed by atoms with Gasteiger partial charge in [-0.1, -0.05) is 18.2 Å². The highest BCUT2D eigenvalue weighted by molar-refractivity contribution is 5.95. The van der Waals surface area contributed by atoms with E-state index in [0.29, 0.717) is 11.5 Å². The van der Waals surface area contributed by atoms with Crippen LogP contribution in [-0.4, -0.2) is 43.3 Å². The minimum Gasteiger partial charge on any atom is -0.380 e. The Balaban J connectivity index is 1.63. The van der Waals surface area contributed by atoms with Gasteiger partial charge in [0.1, 0.15) is 5.69 Å². The van der Waals surface area contributed by atoms with Crippen molar-refractivity contribution in [3.8, 4) is 0 Å². The average Bonchev–Trinajstić information content (AvgIpc) is 2.64. The van der Waals surface area contributed by atoms with Crippen LogP contribution in [0.15, 0.2) is 58.9 Å². The Kier molecular flexibility index (Phi) is 4.95. The quantitative estimate of drug-likeness (QED) is 0.529. The molecule has 0 radical (unpaired) electrons. The Morgan fingerprint density at radius 1 is 1.13 bits per heavy atom. The van der Waals surface area contributed by atoms with E-state index in [0.717, 1.165) is 31.9 Å². The number of rotatable bonds is 4. The van der Waals surface area contributed by atoms with Gasteiger partial charge in [0.25, 0.3) is 0 Å². The summed E-state index contributed by atoms with van der Waals surface area (Å²) in [5.74, 6) is 0.298. The lowest BCUT2D eigenvalue weighted by atomic mass is 10.2. The van der Waals surface area contributed by atoms with Crippen LogP contribution in [0.1, 0.15) is 11.3 Å². The molecule has 1 fully saturated rings. The minimum atomic E-state index is 0.298. The molecule has 0 spiro atoms. The van der Waals surface area contributed by atoms with E-state index in [1.165, 1.54) is 5.69 Å². The fourth-order valence-corrected chi connectivity index (χ4v) is 2.32. The van der Waals surface area contributed by atoms with Crippen LogP contribution in [0.5, 0.6) is 0 Å². The van der Waals surface area contributed by atoms with Crippen LogP contribution in [0.4, 0.5) is 5.69 Å². The molecule has 2 heterocycles.